The van der Waals surface area contributed by atoms with Crippen molar-refractivity contribution in [1.82, 2.24) is 4.98 Å². The number of benzene rings is 3. The Balaban J connectivity index is 0.00000149. The van der Waals surface area contributed by atoms with Crippen molar-refractivity contribution in [2.75, 3.05) is 7.11 Å². The Morgan fingerprint density at radius 3 is 2.52 bits per heavy atom. The highest BCUT2D eigenvalue weighted by molar-refractivity contribution is 6.31. The van der Waals surface area contributed by atoms with Crippen molar-refractivity contribution in [2.45, 2.75) is 33.1 Å². The first-order valence-corrected chi connectivity index (χ1v) is 11.7. The Kier molecular flexibility index (Phi) is 9.49. The number of hydrogen-bond acceptors (Lipinski definition) is 3. The fourth-order valence-electron chi connectivity index (χ4n) is 3.60. The summed E-state index contributed by atoms with van der Waals surface area (Å²) in [6.07, 6.45) is 7.10. The Labute approximate surface area is 201 Å². The molecular weight excluding hydrogens is 430 g/mol. The number of halogens is 1. The Morgan fingerprint density at radius 2 is 1.67 bits per heavy atom. The van der Waals surface area contributed by atoms with E-state index < -0.39 is 0 Å². The lowest BCUT2D eigenvalue weighted by Crippen LogP contribution is -1.97. The van der Waals surface area contributed by atoms with E-state index >= 15 is 0 Å². The zero-order chi connectivity index (χ0) is 23.5. The molecule has 0 amide bonds. The molecule has 0 atom stereocenters. The van der Waals surface area contributed by atoms with Crippen LogP contribution in [0.3, 0.4) is 0 Å². The molecule has 0 bridgehead atoms. The molecule has 0 aliphatic carbocycles. The Morgan fingerprint density at radius 1 is 0.848 bits per heavy atom. The summed E-state index contributed by atoms with van der Waals surface area (Å²) >= 11 is 6.10. The quantitative estimate of drug-likeness (QED) is 0.196. The third-order valence-corrected chi connectivity index (χ3v) is 5.37. The van der Waals surface area contributed by atoms with Crippen molar-refractivity contribution >= 4 is 34.7 Å². The maximum atomic E-state index is 6.10. The zero-order valence-corrected chi connectivity index (χ0v) is 20.2. The van der Waals surface area contributed by atoms with E-state index in [1.807, 2.05) is 62.4 Å². The van der Waals surface area contributed by atoms with Gasteiger partial charge in [-0.2, -0.15) is 4.89 Å². The van der Waals surface area contributed by atoms with Crippen molar-refractivity contribution in [3.8, 4) is 5.75 Å². The topological polar surface area (TPSA) is 31.4 Å². The van der Waals surface area contributed by atoms with Gasteiger partial charge in [0.05, 0.1) is 18.3 Å². The van der Waals surface area contributed by atoms with Gasteiger partial charge in [0, 0.05) is 10.4 Å². The molecule has 3 nitrogen and oxygen atoms in total. The van der Waals surface area contributed by atoms with Crippen LogP contribution in [0.25, 0.3) is 23.1 Å². The third-order valence-electron chi connectivity index (χ3n) is 5.13. The number of para-hydroxylation sites is 1. The fraction of sp³-hybridized carbons (Fsp3) is 0.207. The van der Waals surface area contributed by atoms with E-state index in [-0.39, 0.29) is 0 Å². The molecule has 0 spiro atoms. The van der Waals surface area contributed by atoms with Crippen LogP contribution in [0, 0.1) is 0 Å². The van der Waals surface area contributed by atoms with E-state index in [0.29, 0.717) is 5.02 Å². The lowest BCUT2D eigenvalue weighted by atomic mass is 10.0. The molecule has 0 saturated carbocycles. The normalized spacial score (nSPS) is 10.8. The van der Waals surface area contributed by atoms with Gasteiger partial charge in [0.1, 0.15) is 0 Å². The third kappa shape index (κ3) is 7.18. The van der Waals surface area contributed by atoms with Gasteiger partial charge >= 0.3 is 0 Å². The van der Waals surface area contributed by atoms with Gasteiger partial charge in [-0.05, 0) is 66.3 Å². The van der Waals surface area contributed by atoms with Crippen LogP contribution in [0.1, 0.15) is 42.7 Å². The highest BCUT2D eigenvalue weighted by atomic mass is 35.5. The maximum Gasteiger partial charge on any atom is 0.168 e. The molecule has 0 unspecified atom stereocenters. The second-order valence-corrected chi connectivity index (χ2v) is 7.80. The number of fused-ring (bicyclic) bond motifs is 1. The zero-order valence-electron chi connectivity index (χ0n) is 19.4. The van der Waals surface area contributed by atoms with Gasteiger partial charge in [-0.1, -0.05) is 86.1 Å². The van der Waals surface area contributed by atoms with Crippen LogP contribution in [0.4, 0.5) is 0 Å². The fourth-order valence-corrected chi connectivity index (χ4v) is 3.76. The van der Waals surface area contributed by atoms with E-state index in [0.717, 1.165) is 52.7 Å². The molecule has 0 aliphatic heterocycles. The lowest BCUT2D eigenvalue weighted by molar-refractivity contribution is -0.178. The molecule has 0 N–H and O–H groups in total. The van der Waals surface area contributed by atoms with Gasteiger partial charge in [0.25, 0.3) is 0 Å². The summed E-state index contributed by atoms with van der Waals surface area (Å²) in [7, 11) is 1.53. The summed E-state index contributed by atoms with van der Waals surface area (Å²) in [4.78, 5) is 14.8. The lowest BCUT2D eigenvalue weighted by Gasteiger charge is -2.08. The Bertz CT molecular complexity index is 1200. The monoisotopic (exact) mass is 459 g/mol. The summed E-state index contributed by atoms with van der Waals surface area (Å²) in [5.74, 6) is 0.783. The predicted molar refractivity (Wildman–Crippen MR) is 140 cm³/mol. The molecule has 1 aromatic heterocycles. The van der Waals surface area contributed by atoms with Crippen LogP contribution in [0.15, 0.2) is 78.9 Å². The summed E-state index contributed by atoms with van der Waals surface area (Å²) in [5.41, 5.74) is 5.44. The van der Waals surface area contributed by atoms with E-state index in [2.05, 4.69) is 47.5 Å². The van der Waals surface area contributed by atoms with Gasteiger partial charge in [-0.15, -0.1) is 0 Å². The van der Waals surface area contributed by atoms with Crippen molar-refractivity contribution in [3.05, 3.63) is 106 Å². The van der Waals surface area contributed by atoms with Gasteiger partial charge in [-0.3, -0.25) is 0 Å². The van der Waals surface area contributed by atoms with E-state index in [9.17, 15) is 0 Å². The minimum atomic E-state index is 0.699. The molecule has 4 aromatic rings. The van der Waals surface area contributed by atoms with Crippen LogP contribution in [-0.2, 0) is 17.7 Å². The SMILES string of the molecule is CC.COOc1ccccc1CCCc1cccc(/C=C/c2ccc3ccc(Cl)cc3n2)c1. The van der Waals surface area contributed by atoms with E-state index in [1.165, 1.54) is 12.7 Å². The first kappa shape index (κ1) is 24.5. The highest BCUT2D eigenvalue weighted by Crippen LogP contribution is 2.21. The first-order valence-electron chi connectivity index (χ1n) is 11.3. The molecule has 170 valence electrons. The molecule has 0 fully saturated rings. The van der Waals surface area contributed by atoms with E-state index in [1.54, 1.807) is 0 Å². The molecule has 33 heavy (non-hydrogen) atoms. The number of aromatic nitrogens is 1. The number of hydrogen-bond donors (Lipinski definition) is 0. The molecule has 4 heteroatoms. The second-order valence-electron chi connectivity index (χ2n) is 7.36. The summed E-state index contributed by atoms with van der Waals surface area (Å²) in [6, 6.07) is 26.5. The van der Waals surface area contributed by atoms with E-state index in [4.69, 9.17) is 21.4 Å². The van der Waals surface area contributed by atoms with Crippen LogP contribution in [0.5, 0.6) is 5.75 Å². The van der Waals surface area contributed by atoms with Crippen molar-refractivity contribution < 1.29 is 9.78 Å². The van der Waals surface area contributed by atoms with Crippen LogP contribution >= 0.6 is 11.6 Å². The van der Waals surface area contributed by atoms with Crippen molar-refractivity contribution in [3.63, 3.8) is 0 Å². The van der Waals surface area contributed by atoms with Crippen molar-refractivity contribution in [1.29, 1.82) is 0 Å². The van der Waals surface area contributed by atoms with Gasteiger partial charge in [0.2, 0.25) is 0 Å². The Hall–Kier alpha value is -3.14. The molecule has 1 heterocycles. The number of aryl methyl sites for hydroxylation is 2. The van der Waals surface area contributed by atoms with Crippen LogP contribution in [-0.4, -0.2) is 12.1 Å². The van der Waals surface area contributed by atoms with Crippen LogP contribution < -0.4 is 4.89 Å². The van der Waals surface area contributed by atoms with Gasteiger partial charge in [0.15, 0.2) is 5.75 Å². The molecule has 3 aromatic carbocycles. The summed E-state index contributed by atoms with van der Waals surface area (Å²) in [5, 5.41) is 1.78. The number of nitrogens with zero attached hydrogens (tertiary/aromatic N) is 1. The molecule has 0 saturated heterocycles. The molecular formula is C29H30ClNO2. The highest BCUT2D eigenvalue weighted by Gasteiger charge is 2.04. The standard InChI is InChI=1S/C27H24ClNO2.C2H6/c1-30-31-27-11-3-2-9-23(27)10-5-8-20-6-4-7-21(18-20)12-16-25-17-14-22-13-15-24(28)19-26(22)29-25;1-2/h2-4,6-7,9,11-19H,5,8,10H2,1H3;1-2H3/b16-12+;. The maximum absolute atomic E-state index is 6.10. The molecule has 0 aliphatic rings. The first-order chi connectivity index (χ1) is 16.2. The average Bonchev–Trinajstić information content (AvgIpc) is 2.85. The molecule has 0 radical (unpaired) electrons. The van der Waals surface area contributed by atoms with Gasteiger partial charge < -0.3 is 4.89 Å². The average molecular weight is 460 g/mol. The molecule has 4 rings (SSSR count). The van der Waals surface area contributed by atoms with Crippen LogP contribution in [0.2, 0.25) is 5.02 Å². The number of pyridine rings is 1. The minimum absolute atomic E-state index is 0.699. The smallest absolute Gasteiger partial charge is 0.168 e. The minimum Gasteiger partial charge on any atom is -0.338 e. The van der Waals surface area contributed by atoms with Gasteiger partial charge in [-0.25, -0.2) is 4.98 Å². The second kappa shape index (κ2) is 12.8. The summed E-state index contributed by atoms with van der Waals surface area (Å²) in [6.45, 7) is 4.00. The number of rotatable bonds is 8. The summed E-state index contributed by atoms with van der Waals surface area (Å²) < 4.78 is 0. The largest absolute Gasteiger partial charge is 0.338 e. The van der Waals surface area contributed by atoms with Crippen molar-refractivity contribution in [2.24, 2.45) is 0 Å². The predicted octanol–water partition coefficient (Wildman–Crippen LogP) is 8.20.